The van der Waals surface area contributed by atoms with Crippen molar-refractivity contribution < 1.29 is 0 Å². The van der Waals surface area contributed by atoms with Gasteiger partial charge < -0.3 is 10.2 Å². The summed E-state index contributed by atoms with van der Waals surface area (Å²) in [7, 11) is 0. The summed E-state index contributed by atoms with van der Waals surface area (Å²) in [6, 6.07) is 0.520. The van der Waals surface area contributed by atoms with Gasteiger partial charge in [0.25, 0.3) is 0 Å². The molecule has 0 spiro atoms. The highest BCUT2D eigenvalue weighted by Gasteiger charge is 2.18. The molecule has 1 saturated heterocycles. The van der Waals surface area contributed by atoms with Crippen molar-refractivity contribution in [3.63, 3.8) is 0 Å². The molecule has 1 aliphatic heterocycles. The molecule has 2 heterocycles. The second-order valence-electron chi connectivity index (χ2n) is 4.49. The first-order chi connectivity index (χ1) is 7.79. The largest absolute Gasteiger partial charge is 0.337 e. The lowest BCUT2D eigenvalue weighted by molar-refractivity contribution is 0.479. The van der Waals surface area contributed by atoms with Gasteiger partial charge in [0, 0.05) is 32.1 Å². The van der Waals surface area contributed by atoms with Crippen molar-refractivity contribution in [2.75, 3.05) is 24.5 Å². The van der Waals surface area contributed by atoms with Crippen LogP contribution in [0.25, 0.3) is 0 Å². The lowest BCUT2D eigenvalue weighted by atomic mass is 10.2. The van der Waals surface area contributed by atoms with Crippen LogP contribution in [0.2, 0.25) is 0 Å². The SMILES string of the molecule is CCCCc1nc(N2CCN[C@H](C)C2)n[nH]1. The van der Waals surface area contributed by atoms with Crippen LogP contribution in [0.5, 0.6) is 0 Å². The maximum atomic E-state index is 4.54. The van der Waals surface area contributed by atoms with E-state index in [1.165, 1.54) is 12.8 Å². The Bertz CT molecular complexity index is 322. The van der Waals surface area contributed by atoms with Crippen molar-refractivity contribution in [2.45, 2.75) is 39.2 Å². The number of anilines is 1. The van der Waals surface area contributed by atoms with E-state index in [1.807, 2.05) is 0 Å². The molecule has 16 heavy (non-hydrogen) atoms. The average molecular weight is 223 g/mol. The molecule has 1 aromatic rings. The molecule has 0 amide bonds. The van der Waals surface area contributed by atoms with Crippen molar-refractivity contribution in [1.82, 2.24) is 20.5 Å². The molecule has 1 aliphatic rings. The predicted octanol–water partition coefficient (Wildman–Crippen LogP) is 0.945. The minimum absolute atomic E-state index is 0.520. The fraction of sp³-hybridized carbons (Fsp3) is 0.818. The molecule has 0 aromatic carbocycles. The summed E-state index contributed by atoms with van der Waals surface area (Å²) in [5.74, 6) is 1.88. The molecular formula is C11H21N5. The van der Waals surface area contributed by atoms with Crippen LogP contribution in [-0.2, 0) is 6.42 Å². The number of aryl methyl sites for hydroxylation is 1. The van der Waals surface area contributed by atoms with E-state index in [0.717, 1.165) is 37.8 Å². The lowest BCUT2D eigenvalue weighted by Gasteiger charge is -2.30. The van der Waals surface area contributed by atoms with Crippen LogP contribution >= 0.6 is 0 Å². The standard InChI is InChI=1S/C11H21N5/c1-3-4-5-10-13-11(15-14-10)16-7-6-12-9(2)8-16/h9,12H,3-8H2,1-2H3,(H,13,14,15)/t9-/m1/s1. The summed E-state index contributed by atoms with van der Waals surface area (Å²) in [6.45, 7) is 7.38. The number of hydrogen-bond donors (Lipinski definition) is 2. The van der Waals surface area contributed by atoms with Crippen LogP contribution < -0.4 is 10.2 Å². The van der Waals surface area contributed by atoms with Gasteiger partial charge in [0.05, 0.1) is 0 Å². The Balaban J connectivity index is 1.95. The highest BCUT2D eigenvalue weighted by atomic mass is 15.4. The summed E-state index contributed by atoms with van der Waals surface area (Å²) in [6.07, 6.45) is 3.37. The minimum Gasteiger partial charge on any atom is -0.337 e. The van der Waals surface area contributed by atoms with Crippen molar-refractivity contribution in [3.8, 4) is 0 Å². The summed E-state index contributed by atoms with van der Waals surface area (Å²) in [5.41, 5.74) is 0. The Labute approximate surface area is 96.6 Å². The number of nitrogens with one attached hydrogen (secondary N) is 2. The number of aromatic nitrogens is 3. The van der Waals surface area contributed by atoms with E-state index < -0.39 is 0 Å². The van der Waals surface area contributed by atoms with Crippen LogP contribution in [-0.4, -0.2) is 40.9 Å². The Morgan fingerprint density at radius 1 is 1.50 bits per heavy atom. The normalized spacial score (nSPS) is 21.4. The number of rotatable bonds is 4. The van der Waals surface area contributed by atoms with E-state index in [0.29, 0.717) is 6.04 Å². The van der Waals surface area contributed by atoms with Crippen LogP contribution in [0.1, 0.15) is 32.5 Å². The maximum Gasteiger partial charge on any atom is 0.244 e. The second kappa shape index (κ2) is 5.30. The van der Waals surface area contributed by atoms with Gasteiger partial charge in [-0.25, -0.2) is 0 Å². The smallest absolute Gasteiger partial charge is 0.244 e. The van der Waals surface area contributed by atoms with Crippen LogP contribution in [0.4, 0.5) is 5.95 Å². The van der Waals surface area contributed by atoms with Gasteiger partial charge >= 0.3 is 0 Å². The van der Waals surface area contributed by atoms with Gasteiger partial charge in [-0.3, -0.25) is 5.10 Å². The molecule has 0 unspecified atom stereocenters. The molecule has 1 aromatic heterocycles. The van der Waals surface area contributed by atoms with Gasteiger partial charge in [-0.15, -0.1) is 5.10 Å². The zero-order chi connectivity index (χ0) is 11.4. The summed E-state index contributed by atoms with van der Waals surface area (Å²) >= 11 is 0. The van der Waals surface area contributed by atoms with Crippen molar-refractivity contribution in [1.29, 1.82) is 0 Å². The molecule has 90 valence electrons. The van der Waals surface area contributed by atoms with E-state index >= 15 is 0 Å². The molecule has 1 atom stereocenters. The first-order valence-electron chi connectivity index (χ1n) is 6.19. The Hall–Kier alpha value is -1.10. The van der Waals surface area contributed by atoms with E-state index in [9.17, 15) is 0 Å². The monoisotopic (exact) mass is 223 g/mol. The van der Waals surface area contributed by atoms with Crippen LogP contribution in [0, 0.1) is 0 Å². The van der Waals surface area contributed by atoms with E-state index in [4.69, 9.17) is 0 Å². The number of nitrogens with zero attached hydrogens (tertiary/aromatic N) is 3. The number of piperazine rings is 1. The van der Waals surface area contributed by atoms with Gasteiger partial charge in [-0.2, -0.15) is 4.98 Å². The number of unbranched alkanes of at least 4 members (excludes halogenated alkanes) is 1. The highest BCUT2D eigenvalue weighted by molar-refractivity contribution is 5.30. The van der Waals surface area contributed by atoms with Crippen LogP contribution in [0.3, 0.4) is 0 Å². The molecule has 0 radical (unpaired) electrons. The first kappa shape index (κ1) is 11.4. The van der Waals surface area contributed by atoms with Crippen molar-refractivity contribution in [3.05, 3.63) is 5.82 Å². The Morgan fingerprint density at radius 2 is 2.38 bits per heavy atom. The summed E-state index contributed by atoms with van der Waals surface area (Å²) in [4.78, 5) is 6.78. The van der Waals surface area contributed by atoms with Gasteiger partial charge in [0.15, 0.2) is 0 Å². The van der Waals surface area contributed by atoms with Crippen LogP contribution in [0.15, 0.2) is 0 Å². The average Bonchev–Trinajstić information content (AvgIpc) is 2.75. The van der Waals surface area contributed by atoms with Gasteiger partial charge in [-0.1, -0.05) is 13.3 Å². The molecule has 1 fully saturated rings. The molecule has 0 bridgehead atoms. The Kier molecular flexibility index (Phi) is 3.77. The predicted molar refractivity (Wildman–Crippen MR) is 64.7 cm³/mol. The lowest BCUT2D eigenvalue weighted by Crippen LogP contribution is -2.49. The Morgan fingerprint density at radius 3 is 3.12 bits per heavy atom. The third-order valence-corrected chi connectivity index (χ3v) is 2.94. The fourth-order valence-electron chi connectivity index (χ4n) is 2.00. The third kappa shape index (κ3) is 2.72. The van der Waals surface area contributed by atoms with Gasteiger partial charge in [0.2, 0.25) is 5.95 Å². The highest BCUT2D eigenvalue weighted by Crippen LogP contribution is 2.10. The number of H-pyrrole nitrogens is 1. The zero-order valence-corrected chi connectivity index (χ0v) is 10.2. The van der Waals surface area contributed by atoms with E-state index in [2.05, 4.69) is 39.2 Å². The molecule has 5 nitrogen and oxygen atoms in total. The minimum atomic E-state index is 0.520. The molecule has 2 rings (SSSR count). The number of aromatic amines is 1. The fourth-order valence-corrected chi connectivity index (χ4v) is 2.00. The summed E-state index contributed by atoms with van der Waals surface area (Å²) in [5, 5.41) is 10.7. The van der Waals surface area contributed by atoms with Gasteiger partial charge in [0.1, 0.15) is 5.82 Å². The first-order valence-corrected chi connectivity index (χ1v) is 6.19. The van der Waals surface area contributed by atoms with E-state index in [1.54, 1.807) is 0 Å². The van der Waals surface area contributed by atoms with Crippen molar-refractivity contribution in [2.24, 2.45) is 0 Å². The third-order valence-electron chi connectivity index (χ3n) is 2.94. The maximum absolute atomic E-state index is 4.54. The quantitative estimate of drug-likeness (QED) is 0.798. The summed E-state index contributed by atoms with van der Waals surface area (Å²) < 4.78 is 0. The van der Waals surface area contributed by atoms with Crippen molar-refractivity contribution >= 4 is 5.95 Å². The molecule has 5 heteroatoms. The second-order valence-corrected chi connectivity index (χ2v) is 4.49. The zero-order valence-electron chi connectivity index (χ0n) is 10.2. The molecule has 2 N–H and O–H groups in total. The van der Waals surface area contributed by atoms with E-state index in [-0.39, 0.29) is 0 Å². The van der Waals surface area contributed by atoms with Gasteiger partial charge in [-0.05, 0) is 13.3 Å². The molecular weight excluding hydrogens is 202 g/mol. The molecule has 0 saturated carbocycles. The number of hydrogen-bond acceptors (Lipinski definition) is 4. The molecule has 0 aliphatic carbocycles. The topological polar surface area (TPSA) is 56.8 Å².